The molecule has 0 amide bonds. The molecule has 0 atom stereocenters. The van der Waals surface area contributed by atoms with Gasteiger partial charge >= 0.3 is 0 Å². The zero-order chi connectivity index (χ0) is 14.6. The molecular weight excluding hydrogens is 283 g/mol. The first-order valence-corrected chi connectivity index (χ1v) is 7.47. The van der Waals surface area contributed by atoms with Gasteiger partial charge in [-0.25, -0.2) is 17.5 Å². The summed E-state index contributed by atoms with van der Waals surface area (Å²) in [7, 11) is -2.05. The van der Waals surface area contributed by atoms with E-state index in [1.165, 1.54) is 18.2 Å². The van der Waals surface area contributed by atoms with Crippen LogP contribution in [0.5, 0.6) is 0 Å². The molecule has 1 heterocycles. The molecule has 2 aromatic rings. The Labute approximate surface area is 116 Å². The molecule has 20 heavy (non-hydrogen) atoms. The minimum atomic E-state index is -3.78. The molecule has 0 saturated heterocycles. The van der Waals surface area contributed by atoms with E-state index in [1.54, 1.807) is 25.2 Å². The molecule has 108 valence electrons. The van der Waals surface area contributed by atoms with E-state index >= 15 is 0 Å². The topological polar surface area (TPSA) is 71.3 Å². The second-order valence-corrected chi connectivity index (χ2v) is 5.86. The summed E-state index contributed by atoms with van der Waals surface area (Å²) in [4.78, 5) is 0. The maximum absolute atomic E-state index is 13.4. The summed E-state index contributed by atoms with van der Waals surface area (Å²) in [6.07, 6.45) is 0. The summed E-state index contributed by atoms with van der Waals surface area (Å²) in [6, 6.07) is 8.94. The quantitative estimate of drug-likeness (QED) is 0.850. The molecule has 0 unspecified atom stereocenters. The van der Waals surface area contributed by atoms with Crippen LogP contribution in [0.4, 0.5) is 4.39 Å². The van der Waals surface area contributed by atoms with Crippen LogP contribution in [0.3, 0.4) is 0 Å². The van der Waals surface area contributed by atoms with Crippen LogP contribution in [-0.2, 0) is 23.1 Å². The maximum atomic E-state index is 13.4. The lowest BCUT2D eigenvalue weighted by molar-refractivity contribution is 0.404. The van der Waals surface area contributed by atoms with Crippen LogP contribution < -0.4 is 10.0 Å². The van der Waals surface area contributed by atoms with Crippen LogP contribution in [0.1, 0.15) is 11.3 Å². The Bertz CT molecular complexity index is 682. The van der Waals surface area contributed by atoms with Crippen molar-refractivity contribution in [1.29, 1.82) is 0 Å². The van der Waals surface area contributed by atoms with Crippen LogP contribution in [0.15, 0.2) is 45.9 Å². The molecule has 5 nitrogen and oxygen atoms in total. The predicted molar refractivity (Wildman–Crippen MR) is 71.9 cm³/mol. The number of hydrogen-bond donors (Lipinski definition) is 2. The molecule has 0 bridgehead atoms. The molecule has 0 aliphatic heterocycles. The highest BCUT2D eigenvalue weighted by Gasteiger charge is 2.18. The Morgan fingerprint density at radius 2 is 1.90 bits per heavy atom. The van der Waals surface area contributed by atoms with Gasteiger partial charge in [0.05, 0.1) is 6.54 Å². The lowest BCUT2D eigenvalue weighted by Gasteiger charge is -2.05. The first-order valence-electron chi connectivity index (χ1n) is 5.99. The van der Waals surface area contributed by atoms with Crippen molar-refractivity contribution in [3.05, 3.63) is 53.5 Å². The Balaban J connectivity index is 2.09. The maximum Gasteiger partial charge on any atom is 0.274 e. The van der Waals surface area contributed by atoms with E-state index in [0.29, 0.717) is 12.3 Å². The monoisotopic (exact) mass is 298 g/mol. The second-order valence-electron chi connectivity index (χ2n) is 4.17. The van der Waals surface area contributed by atoms with E-state index in [1.807, 2.05) is 0 Å². The van der Waals surface area contributed by atoms with Gasteiger partial charge in [-0.1, -0.05) is 18.2 Å². The highest BCUT2D eigenvalue weighted by Crippen LogP contribution is 2.14. The van der Waals surface area contributed by atoms with Crippen LogP contribution in [0.25, 0.3) is 0 Å². The molecule has 0 aliphatic rings. The lowest BCUT2D eigenvalue weighted by atomic mass is 10.2. The van der Waals surface area contributed by atoms with Gasteiger partial charge in [0, 0.05) is 12.1 Å². The number of rotatable bonds is 6. The number of hydrogen-bond acceptors (Lipinski definition) is 4. The highest BCUT2D eigenvalue weighted by atomic mass is 32.2. The van der Waals surface area contributed by atoms with E-state index in [0.717, 1.165) is 0 Å². The van der Waals surface area contributed by atoms with Crippen molar-refractivity contribution >= 4 is 10.0 Å². The van der Waals surface area contributed by atoms with E-state index in [4.69, 9.17) is 4.42 Å². The normalized spacial score (nSPS) is 11.7. The third-order valence-corrected chi connectivity index (χ3v) is 3.94. The summed E-state index contributed by atoms with van der Waals surface area (Å²) in [5.41, 5.74) is 0.276. The van der Waals surface area contributed by atoms with Crippen LogP contribution in [0, 0.1) is 5.82 Å². The van der Waals surface area contributed by atoms with E-state index in [-0.39, 0.29) is 17.2 Å². The minimum absolute atomic E-state index is 0.128. The molecule has 0 aliphatic carbocycles. The van der Waals surface area contributed by atoms with Gasteiger partial charge in [0.25, 0.3) is 10.0 Å². The van der Waals surface area contributed by atoms with E-state index in [2.05, 4.69) is 10.0 Å². The summed E-state index contributed by atoms with van der Waals surface area (Å²) >= 11 is 0. The molecule has 0 spiro atoms. The van der Waals surface area contributed by atoms with Crippen LogP contribution >= 0.6 is 0 Å². The molecule has 1 aromatic carbocycles. The Kier molecular flexibility index (Phi) is 4.53. The summed E-state index contributed by atoms with van der Waals surface area (Å²) in [5, 5.41) is 2.67. The molecule has 0 saturated carbocycles. The molecule has 7 heteroatoms. The van der Waals surface area contributed by atoms with Crippen molar-refractivity contribution in [1.82, 2.24) is 10.0 Å². The number of sulfonamides is 1. The van der Waals surface area contributed by atoms with Crippen molar-refractivity contribution in [3.63, 3.8) is 0 Å². The average Bonchev–Trinajstić information content (AvgIpc) is 2.88. The first kappa shape index (κ1) is 14.7. The van der Waals surface area contributed by atoms with Gasteiger partial charge in [0.2, 0.25) is 5.09 Å². The Morgan fingerprint density at radius 3 is 2.60 bits per heavy atom. The fraction of sp³-hybridized carbons (Fsp3) is 0.231. The fourth-order valence-corrected chi connectivity index (χ4v) is 2.61. The van der Waals surface area contributed by atoms with Gasteiger partial charge < -0.3 is 9.73 Å². The van der Waals surface area contributed by atoms with Crippen LogP contribution in [-0.4, -0.2) is 15.5 Å². The van der Waals surface area contributed by atoms with Gasteiger partial charge in [0.15, 0.2) is 0 Å². The van der Waals surface area contributed by atoms with Crippen molar-refractivity contribution in [3.8, 4) is 0 Å². The van der Waals surface area contributed by atoms with E-state index < -0.39 is 15.8 Å². The molecular formula is C13H15FN2O3S. The second kappa shape index (κ2) is 6.17. The smallest absolute Gasteiger partial charge is 0.274 e. The molecule has 2 N–H and O–H groups in total. The van der Waals surface area contributed by atoms with Gasteiger partial charge in [-0.3, -0.25) is 0 Å². The van der Waals surface area contributed by atoms with Crippen molar-refractivity contribution in [2.75, 3.05) is 7.05 Å². The Morgan fingerprint density at radius 1 is 1.15 bits per heavy atom. The van der Waals surface area contributed by atoms with Gasteiger partial charge in [-0.2, -0.15) is 0 Å². The number of benzene rings is 1. The summed E-state index contributed by atoms with van der Waals surface area (Å²) in [5.74, 6) is 0.0595. The third kappa shape index (κ3) is 3.44. The number of halogens is 1. The lowest BCUT2D eigenvalue weighted by Crippen LogP contribution is -2.23. The molecule has 1 aromatic heterocycles. The number of furan rings is 1. The van der Waals surface area contributed by atoms with Crippen molar-refractivity contribution in [2.24, 2.45) is 0 Å². The third-order valence-electron chi connectivity index (χ3n) is 2.66. The van der Waals surface area contributed by atoms with Crippen LogP contribution in [0.2, 0.25) is 0 Å². The van der Waals surface area contributed by atoms with Crippen molar-refractivity contribution < 1.29 is 17.2 Å². The highest BCUT2D eigenvalue weighted by molar-refractivity contribution is 7.89. The first-order chi connectivity index (χ1) is 9.53. The standard InChI is InChI=1S/C13H15FN2O3S/c1-15-9-11-6-7-13(19-11)20(17,18)16-8-10-4-2-3-5-12(10)14/h2-7,15-16H,8-9H2,1H3. The molecule has 2 rings (SSSR count). The van der Waals surface area contributed by atoms with Gasteiger partial charge in [-0.15, -0.1) is 0 Å². The SMILES string of the molecule is CNCc1ccc(S(=O)(=O)NCc2ccccc2F)o1. The zero-order valence-corrected chi connectivity index (χ0v) is 11.7. The van der Waals surface area contributed by atoms with E-state index in [9.17, 15) is 12.8 Å². The number of nitrogens with one attached hydrogen (secondary N) is 2. The Hall–Kier alpha value is -1.70. The summed E-state index contributed by atoms with van der Waals surface area (Å²) < 4.78 is 44.9. The minimum Gasteiger partial charge on any atom is -0.447 e. The van der Waals surface area contributed by atoms with Gasteiger partial charge in [0.1, 0.15) is 11.6 Å². The predicted octanol–water partition coefficient (Wildman–Crippen LogP) is 1.62. The van der Waals surface area contributed by atoms with Crippen molar-refractivity contribution in [2.45, 2.75) is 18.2 Å². The largest absolute Gasteiger partial charge is 0.447 e. The molecule has 0 radical (unpaired) electrons. The summed E-state index contributed by atoms with van der Waals surface area (Å²) in [6.45, 7) is 0.305. The van der Waals surface area contributed by atoms with Gasteiger partial charge in [-0.05, 0) is 25.2 Å². The fourth-order valence-electron chi connectivity index (χ4n) is 1.66. The molecule has 0 fully saturated rings. The zero-order valence-electron chi connectivity index (χ0n) is 10.9. The average molecular weight is 298 g/mol.